The molecule has 0 radical (unpaired) electrons. The minimum Gasteiger partial charge on any atom is -0.316 e. The number of hydrogen-bond donors (Lipinski definition) is 1. The number of aromatic nitrogens is 2. The van der Waals surface area contributed by atoms with Crippen molar-refractivity contribution in [3.63, 3.8) is 0 Å². The van der Waals surface area contributed by atoms with Gasteiger partial charge in [0.05, 0.1) is 16.7 Å². The van der Waals surface area contributed by atoms with Gasteiger partial charge < -0.3 is 5.32 Å². The topological polar surface area (TPSA) is 87.8 Å². The molecular weight excluding hydrogens is 545 g/mol. The van der Waals surface area contributed by atoms with Gasteiger partial charge in [-0.3, -0.25) is 14.2 Å². The Hall–Kier alpha value is -2.15. The van der Waals surface area contributed by atoms with E-state index in [1.807, 2.05) is 0 Å². The zero-order valence-corrected chi connectivity index (χ0v) is 26.1. The van der Waals surface area contributed by atoms with E-state index in [4.69, 9.17) is 4.98 Å². The molecule has 1 N–H and O–H groups in total. The first-order valence-corrected chi connectivity index (χ1v) is 16.8. The summed E-state index contributed by atoms with van der Waals surface area (Å²) >= 11 is 4.52. The molecule has 3 aromatic rings. The molecule has 0 aliphatic heterocycles. The molecule has 1 amide bonds. The largest absolute Gasteiger partial charge is 0.316 e. The van der Waals surface area contributed by atoms with Gasteiger partial charge in [0.1, 0.15) is 15.9 Å². The summed E-state index contributed by atoms with van der Waals surface area (Å²) in [4.78, 5) is 35.0. The number of aryl methyl sites for hydroxylation is 2. The van der Waals surface area contributed by atoms with Crippen LogP contribution in [-0.4, -0.2) is 21.2 Å². The summed E-state index contributed by atoms with van der Waals surface area (Å²) in [5.74, 6) is 0.833. The maximum Gasteiger partial charge on any atom is 0.263 e. The molecule has 1 atom stereocenters. The Morgan fingerprint density at radius 3 is 2.69 bits per heavy atom. The van der Waals surface area contributed by atoms with Crippen LogP contribution in [-0.2, 0) is 37.0 Å². The van der Waals surface area contributed by atoms with Gasteiger partial charge in [-0.05, 0) is 73.3 Å². The summed E-state index contributed by atoms with van der Waals surface area (Å²) in [6, 6.07) is 2.36. The number of nitrogens with zero attached hydrogens (tertiary/aromatic N) is 3. The van der Waals surface area contributed by atoms with Crippen molar-refractivity contribution in [2.45, 2.75) is 97.7 Å². The van der Waals surface area contributed by atoms with Gasteiger partial charge in [0, 0.05) is 16.3 Å². The highest BCUT2D eigenvalue weighted by molar-refractivity contribution is 7.99. The van der Waals surface area contributed by atoms with Gasteiger partial charge in [0.25, 0.3) is 5.56 Å². The molecule has 0 spiro atoms. The normalized spacial score (nSPS) is 17.2. The van der Waals surface area contributed by atoms with Crippen molar-refractivity contribution in [1.29, 1.82) is 5.26 Å². The lowest BCUT2D eigenvalue weighted by molar-refractivity contribution is -0.113. The molecule has 0 saturated carbocycles. The van der Waals surface area contributed by atoms with Gasteiger partial charge >= 0.3 is 0 Å². The van der Waals surface area contributed by atoms with E-state index >= 15 is 0 Å². The Labute approximate surface area is 243 Å². The second kappa shape index (κ2) is 11.4. The fourth-order valence-electron chi connectivity index (χ4n) is 5.90. The third-order valence-corrected chi connectivity index (χ3v) is 11.9. The second-order valence-electron chi connectivity index (χ2n) is 12.0. The number of carbonyl (C=O) groups excluding carboxylic acids is 1. The van der Waals surface area contributed by atoms with E-state index in [1.54, 1.807) is 27.2 Å². The number of nitrogens with one attached hydrogen (secondary N) is 1. The molecule has 0 aromatic carbocycles. The van der Waals surface area contributed by atoms with Crippen molar-refractivity contribution in [3.05, 3.63) is 36.8 Å². The Bertz CT molecular complexity index is 1510. The number of nitriles is 1. The van der Waals surface area contributed by atoms with Crippen LogP contribution in [0.1, 0.15) is 86.7 Å². The Balaban J connectivity index is 1.36. The highest BCUT2D eigenvalue weighted by Crippen LogP contribution is 2.45. The molecule has 0 saturated heterocycles. The summed E-state index contributed by atoms with van der Waals surface area (Å²) in [5.41, 5.74) is 3.23. The van der Waals surface area contributed by atoms with E-state index in [2.05, 4.69) is 46.0 Å². The number of hydrogen-bond acceptors (Lipinski definition) is 7. The molecule has 5 rings (SSSR count). The van der Waals surface area contributed by atoms with Crippen molar-refractivity contribution in [2.75, 3.05) is 11.1 Å². The highest BCUT2D eigenvalue weighted by atomic mass is 32.2. The molecule has 208 valence electrons. The number of thiophene rings is 2. The fourth-order valence-corrected chi connectivity index (χ4v) is 9.30. The van der Waals surface area contributed by atoms with Crippen LogP contribution in [0.2, 0.25) is 0 Å². The molecule has 2 aliphatic carbocycles. The van der Waals surface area contributed by atoms with E-state index < -0.39 is 0 Å². The molecule has 39 heavy (non-hydrogen) atoms. The van der Waals surface area contributed by atoms with Gasteiger partial charge in [0.15, 0.2) is 5.16 Å². The number of rotatable bonds is 8. The van der Waals surface area contributed by atoms with Crippen molar-refractivity contribution in [1.82, 2.24) is 9.55 Å². The van der Waals surface area contributed by atoms with Crippen LogP contribution in [0.15, 0.2) is 9.95 Å². The van der Waals surface area contributed by atoms with E-state index in [0.29, 0.717) is 28.2 Å². The molecular formula is C30H38N4O2S3. The Morgan fingerprint density at radius 1 is 1.21 bits per heavy atom. The Kier molecular flexibility index (Phi) is 8.28. The van der Waals surface area contributed by atoms with Crippen LogP contribution in [0.4, 0.5) is 5.00 Å². The number of amides is 1. The van der Waals surface area contributed by atoms with Crippen LogP contribution in [0, 0.1) is 28.6 Å². The zero-order valence-electron chi connectivity index (χ0n) is 23.6. The van der Waals surface area contributed by atoms with E-state index in [0.717, 1.165) is 67.1 Å². The molecule has 3 aromatic heterocycles. The number of carbonyl (C=O) groups is 1. The molecule has 0 bridgehead atoms. The first-order chi connectivity index (χ1) is 18.6. The lowest BCUT2D eigenvalue weighted by Gasteiger charge is -2.36. The smallest absolute Gasteiger partial charge is 0.263 e. The minimum absolute atomic E-state index is 0.0262. The van der Waals surface area contributed by atoms with Crippen molar-refractivity contribution < 1.29 is 4.79 Å². The fraction of sp³-hybridized carbons (Fsp3) is 0.600. The van der Waals surface area contributed by atoms with Gasteiger partial charge in [-0.25, -0.2) is 4.98 Å². The monoisotopic (exact) mass is 582 g/mol. The maximum atomic E-state index is 13.6. The lowest BCUT2D eigenvalue weighted by atomic mass is 9.69. The summed E-state index contributed by atoms with van der Waals surface area (Å²) < 4.78 is 1.77. The number of thioether (sulfide) groups is 1. The van der Waals surface area contributed by atoms with E-state index in [-0.39, 0.29) is 28.6 Å². The third kappa shape index (κ3) is 5.57. The second-order valence-corrected chi connectivity index (χ2v) is 15.2. The number of anilines is 1. The van der Waals surface area contributed by atoms with Crippen LogP contribution in [0.25, 0.3) is 10.2 Å². The molecule has 6 nitrogen and oxygen atoms in total. The molecule has 0 fully saturated rings. The summed E-state index contributed by atoms with van der Waals surface area (Å²) in [5, 5.41) is 15.0. The zero-order chi connectivity index (χ0) is 27.9. The van der Waals surface area contributed by atoms with Crippen molar-refractivity contribution in [3.8, 4) is 6.07 Å². The molecule has 9 heteroatoms. The average molecular weight is 583 g/mol. The molecule has 3 heterocycles. The molecule has 0 unspecified atom stereocenters. The predicted octanol–water partition coefficient (Wildman–Crippen LogP) is 7.20. The van der Waals surface area contributed by atoms with Crippen LogP contribution in [0.3, 0.4) is 0 Å². The first-order valence-electron chi connectivity index (χ1n) is 14.1. The van der Waals surface area contributed by atoms with Gasteiger partial charge in [-0.15, -0.1) is 22.7 Å². The summed E-state index contributed by atoms with van der Waals surface area (Å²) in [6.45, 7) is 11.7. The lowest BCUT2D eigenvalue weighted by Crippen LogP contribution is -2.28. The summed E-state index contributed by atoms with van der Waals surface area (Å²) in [6.07, 6.45) is 8.32. The number of fused-ring (bicyclic) bond motifs is 4. The quantitative estimate of drug-likeness (QED) is 0.224. The highest BCUT2D eigenvalue weighted by Gasteiger charge is 2.34. The van der Waals surface area contributed by atoms with Crippen LogP contribution >= 0.6 is 34.4 Å². The average Bonchev–Trinajstić information content (AvgIpc) is 3.45. The summed E-state index contributed by atoms with van der Waals surface area (Å²) in [7, 11) is 0. The van der Waals surface area contributed by atoms with Crippen LogP contribution < -0.4 is 10.9 Å². The SMILES string of the molecule is CCC(C)(C)[C@@H]1CCc2c(sc(NC(=O)CSc3nc4sc5c(c4c(=O)n3CC(C)C)CCCC5)c2C#N)C1. The van der Waals surface area contributed by atoms with Crippen molar-refractivity contribution in [2.24, 2.45) is 17.3 Å². The predicted molar refractivity (Wildman–Crippen MR) is 163 cm³/mol. The molecule has 2 aliphatic rings. The third-order valence-electron chi connectivity index (χ3n) is 8.57. The maximum absolute atomic E-state index is 13.6. The van der Waals surface area contributed by atoms with Gasteiger partial charge in [-0.2, -0.15) is 5.26 Å². The standard InChI is InChI=1S/C30H38N4O2S3/c1-6-30(4,5)18-11-12-19-21(14-31)26(39-23(19)13-18)32-24(35)16-37-29-33-27-25(28(36)34(29)15-17(2)3)20-9-7-8-10-22(20)38-27/h17-18H,6-13,15-16H2,1-5H3,(H,32,35)/t18-/m1/s1. The van der Waals surface area contributed by atoms with Crippen molar-refractivity contribution >= 4 is 55.6 Å². The Morgan fingerprint density at radius 2 is 1.97 bits per heavy atom. The first kappa shape index (κ1) is 28.4. The van der Waals surface area contributed by atoms with E-state index in [9.17, 15) is 14.9 Å². The minimum atomic E-state index is -0.170. The van der Waals surface area contributed by atoms with Gasteiger partial charge in [-0.1, -0.05) is 52.8 Å². The van der Waals surface area contributed by atoms with E-state index in [1.165, 1.54) is 27.1 Å². The van der Waals surface area contributed by atoms with Crippen LogP contribution in [0.5, 0.6) is 0 Å². The van der Waals surface area contributed by atoms with Gasteiger partial charge in [0.2, 0.25) is 5.91 Å².